The van der Waals surface area contributed by atoms with Gasteiger partial charge in [-0.25, -0.2) is 0 Å². The molecule has 0 radical (unpaired) electrons. The number of rotatable bonds is 4. The summed E-state index contributed by atoms with van der Waals surface area (Å²) in [6.07, 6.45) is 2.85. The third-order valence-electron chi connectivity index (χ3n) is 5.67. The fraction of sp³-hybridized carbons (Fsp3) is 0.409. The Morgan fingerprint density at radius 1 is 1.07 bits per heavy atom. The molecule has 0 unspecified atom stereocenters. The number of nitrogens with two attached hydrogens (primary N) is 1. The maximum atomic E-state index is 6.20. The smallest absolute Gasteiger partial charge is 0.193 e. The van der Waals surface area contributed by atoms with Crippen molar-refractivity contribution in [1.29, 1.82) is 0 Å². The van der Waals surface area contributed by atoms with Gasteiger partial charge in [-0.1, -0.05) is 24.3 Å². The van der Waals surface area contributed by atoms with Crippen LogP contribution in [0.3, 0.4) is 0 Å². The second kappa shape index (κ2) is 9.21. The number of halogens is 1. The highest BCUT2D eigenvalue weighted by Crippen LogP contribution is 2.34. The first-order chi connectivity index (χ1) is 13.6. The van der Waals surface area contributed by atoms with Gasteiger partial charge in [0.05, 0.1) is 19.8 Å². The van der Waals surface area contributed by atoms with Gasteiger partial charge in [0.25, 0.3) is 0 Å². The Morgan fingerprint density at radius 3 is 2.38 bits per heavy atom. The summed E-state index contributed by atoms with van der Waals surface area (Å²) in [6.45, 7) is 1.97. The molecule has 1 aliphatic heterocycles. The van der Waals surface area contributed by atoms with Crippen LogP contribution < -0.4 is 20.5 Å². The van der Waals surface area contributed by atoms with Crippen molar-refractivity contribution >= 4 is 35.6 Å². The molecule has 2 aromatic rings. The van der Waals surface area contributed by atoms with E-state index in [-0.39, 0.29) is 29.5 Å². The molecule has 1 aliphatic carbocycles. The number of benzene rings is 2. The van der Waals surface area contributed by atoms with Crippen molar-refractivity contribution in [2.24, 2.45) is 10.7 Å². The van der Waals surface area contributed by atoms with Crippen LogP contribution in [0.4, 0.5) is 5.69 Å². The molecule has 1 heterocycles. The van der Waals surface area contributed by atoms with Crippen LogP contribution in [0.5, 0.6) is 11.5 Å². The van der Waals surface area contributed by atoms with Gasteiger partial charge in [0.15, 0.2) is 17.5 Å². The molecule has 156 valence electrons. The van der Waals surface area contributed by atoms with Crippen molar-refractivity contribution < 1.29 is 9.47 Å². The minimum atomic E-state index is -0.0410. The number of hydrogen-bond acceptors (Lipinski definition) is 4. The molecule has 7 heteroatoms. The zero-order valence-electron chi connectivity index (χ0n) is 17.0. The highest BCUT2D eigenvalue weighted by molar-refractivity contribution is 14.0. The van der Waals surface area contributed by atoms with Gasteiger partial charge in [0.2, 0.25) is 0 Å². The van der Waals surface area contributed by atoms with Crippen molar-refractivity contribution in [3.63, 3.8) is 0 Å². The molecular weight excluding hydrogens is 479 g/mol. The van der Waals surface area contributed by atoms with Crippen LogP contribution in [0.2, 0.25) is 0 Å². The van der Waals surface area contributed by atoms with Crippen LogP contribution in [0.25, 0.3) is 0 Å². The molecule has 0 saturated heterocycles. The van der Waals surface area contributed by atoms with Gasteiger partial charge in [0, 0.05) is 23.7 Å². The molecular formula is C22H29IN4O2. The van der Waals surface area contributed by atoms with E-state index in [1.54, 1.807) is 0 Å². The molecule has 4 rings (SSSR count). The lowest BCUT2D eigenvalue weighted by Crippen LogP contribution is -2.48. The van der Waals surface area contributed by atoms with Crippen molar-refractivity contribution in [2.75, 3.05) is 39.2 Å². The van der Waals surface area contributed by atoms with Gasteiger partial charge in [-0.15, -0.1) is 24.0 Å². The lowest BCUT2D eigenvalue weighted by Gasteiger charge is -2.35. The number of guanidine groups is 1. The Balaban J connectivity index is 0.00000240. The maximum absolute atomic E-state index is 6.20. The van der Waals surface area contributed by atoms with E-state index in [9.17, 15) is 0 Å². The topological polar surface area (TPSA) is 72.1 Å². The van der Waals surface area contributed by atoms with Gasteiger partial charge >= 0.3 is 0 Å². The fourth-order valence-corrected chi connectivity index (χ4v) is 3.90. The summed E-state index contributed by atoms with van der Waals surface area (Å²) in [5, 5.41) is 3.19. The van der Waals surface area contributed by atoms with E-state index in [0.717, 1.165) is 36.4 Å². The average molecular weight is 508 g/mol. The molecule has 3 N–H and O–H groups in total. The molecule has 0 aromatic heterocycles. The Hall–Kier alpha value is -2.00. The highest BCUT2D eigenvalue weighted by Gasteiger charge is 2.39. The van der Waals surface area contributed by atoms with Crippen LogP contribution in [0.1, 0.15) is 17.5 Å². The van der Waals surface area contributed by atoms with Crippen LogP contribution in [-0.2, 0) is 12.8 Å². The van der Waals surface area contributed by atoms with Crippen LogP contribution in [0.15, 0.2) is 47.5 Å². The van der Waals surface area contributed by atoms with Gasteiger partial charge in [-0.05, 0) is 50.2 Å². The SMILES string of the molecule is CN(C)C1(CN=C(N)Nc2ccc3c(c2)OCCCO3)Cc2ccccc2C1.I. The summed E-state index contributed by atoms with van der Waals surface area (Å²) in [4.78, 5) is 6.95. The number of nitrogens with zero attached hydrogens (tertiary/aromatic N) is 2. The van der Waals surface area contributed by atoms with E-state index in [0.29, 0.717) is 25.7 Å². The third-order valence-corrected chi connectivity index (χ3v) is 5.67. The lowest BCUT2D eigenvalue weighted by atomic mass is 9.94. The van der Waals surface area contributed by atoms with Crippen LogP contribution in [-0.4, -0.2) is 50.3 Å². The first-order valence-corrected chi connectivity index (χ1v) is 9.77. The number of hydrogen-bond donors (Lipinski definition) is 2. The first kappa shape index (κ1) is 21.7. The summed E-state index contributed by atoms with van der Waals surface area (Å²) in [7, 11) is 4.24. The van der Waals surface area contributed by atoms with Gasteiger partial charge in [0.1, 0.15) is 0 Å². The number of nitrogens with one attached hydrogen (secondary N) is 1. The van der Waals surface area contributed by atoms with Crippen molar-refractivity contribution in [2.45, 2.75) is 24.8 Å². The molecule has 0 atom stereocenters. The molecule has 29 heavy (non-hydrogen) atoms. The number of likely N-dealkylation sites (N-methyl/N-ethyl adjacent to an activating group) is 1. The van der Waals surface area contributed by atoms with Crippen molar-refractivity contribution in [3.8, 4) is 11.5 Å². The van der Waals surface area contributed by atoms with Crippen molar-refractivity contribution in [1.82, 2.24) is 4.90 Å². The minimum Gasteiger partial charge on any atom is -0.490 e. The predicted molar refractivity (Wildman–Crippen MR) is 128 cm³/mol. The largest absolute Gasteiger partial charge is 0.490 e. The molecule has 0 spiro atoms. The van der Waals surface area contributed by atoms with E-state index in [2.05, 4.69) is 53.6 Å². The molecule has 2 aromatic carbocycles. The molecule has 0 saturated carbocycles. The molecule has 6 nitrogen and oxygen atoms in total. The molecule has 0 fully saturated rings. The van der Waals surface area contributed by atoms with E-state index < -0.39 is 0 Å². The summed E-state index contributed by atoms with van der Waals surface area (Å²) in [6, 6.07) is 14.4. The highest BCUT2D eigenvalue weighted by atomic mass is 127. The van der Waals surface area contributed by atoms with E-state index in [1.165, 1.54) is 11.1 Å². The van der Waals surface area contributed by atoms with Gasteiger partial charge in [-0.2, -0.15) is 0 Å². The summed E-state index contributed by atoms with van der Waals surface area (Å²) in [5.74, 6) is 1.92. The van der Waals surface area contributed by atoms with E-state index >= 15 is 0 Å². The second-order valence-corrected chi connectivity index (χ2v) is 7.78. The van der Waals surface area contributed by atoms with Gasteiger partial charge in [-0.3, -0.25) is 4.99 Å². The van der Waals surface area contributed by atoms with Crippen molar-refractivity contribution in [3.05, 3.63) is 53.6 Å². The Morgan fingerprint density at radius 2 is 1.72 bits per heavy atom. The Kier molecular flexibility index (Phi) is 6.89. The molecule has 0 bridgehead atoms. The summed E-state index contributed by atoms with van der Waals surface area (Å²) >= 11 is 0. The number of anilines is 1. The number of ether oxygens (including phenoxy) is 2. The summed E-state index contributed by atoms with van der Waals surface area (Å²) in [5.41, 5.74) is 9.82. The zero-order valence-corrected chi connectivity index (χ0v) is 19.3. The van der Waals surface area contributed by atoms with E-state index in [1.807, 2.05) is 18.2 Å². The van der Waals surface area contributed by atoms with Crippen LogP contribution in [0, 0.1) is 0 Å². The average Bonchev–Trinajstić information content (AvgIpc) is 2.92. The van der Waals surface area contributed by atoms with E-state index in [4.69, 9.17) is 15.2 Å². The zero-order chi connectivity index (χ0) is 19.6. The number of aliphatic imine (C=N–C) groups is 1. The Labute approximate surface area is 189 Å². The first-order valence-electron chi connectivity index (χ1n) is 9.77. The van der Waals surface area contributed by atoms with Crippen LogP contribution >= 0.6 is 24.0 Å². The third kappa shape index (κ3) is 4.78. The minimum absolute atomic E-state index is 0. The quantitative estimate of drug-likeness (QED) is 0.377. The number of fused-ring (bicyclic) bond motifs is 2. The summed E-state index contributed by atoms with van der Waals surface area (Å²) < 4.78 is 11.4. The monoisotopic (exact) mass is 508 g/mol. The van der Waals surface area contributed by atoms with Gasteiger partial charge < -0.3 is 25.4 Å². The molecule has 0 amide bonds. The standard InChI is InChI=1S/C22H28N4O2.HI/c1-26(2)22(13-16-6-3-4-7-17(16)14-22)15-24-21(23)25-18-8-9-19-20(12-18)28-11-5-10-27-19;/h3-4,6-9,12H,5,10-11,13-15H2,1-2H3,(H3,23,24,25);1H. The lowest BCUT2D eigenvalue weighted by molar-refractivity contribution is 0.172. The maximum Gasteiger partial charge on any atom is 0.193 e. The fourth-order valence-electron chi connectivity index (χ4n) is 3.90. The Bertz CT molecular complexity index is 860. The second-order valence-electron chi connectivity index (χ2n) is 7.78. The molecule has 2 aliphatic rings. The normalized spacial score (nSPS) is 17.3. The predicted octanol–water partition coefficient (Wildman–Crippen LogP) is 3.29.